The molecule has 0 aromatic heterocycles. The third-order valence-corrected chi connectivity index (χ3v) is 1.59. The maximum atomic E-state index is 10.9. The van der Waals surface area contributed by atoms with E-state index in [2.05, 4.69) is 9.36 Å². The maximum absolute atomic E-state index is 10.9. The van der Waals surface area contributed by atoms with Crippen LogP contribution in [0.4, 0.5) is 0 Å². The van der Waals surface area contributed by atoms with Crippen LogP contribution >= 0.6 is 0 Å². The Morgan fingerprint density at radius 2 is 1.93 bits per heavy atom. The fourth-order valence-electron chi connectivity index (χ4n) is 0.867. The molecule has 0 fully saturated rings. The van der Waals surface area contributed by atoms with E-state index in [0.29, 0.717) is 0 Å². The molecule has 0 atom stereocenters. The van der Waals surface area contributed by atoms with Crippen LogP contribution in [-0.2, 0) is 26.6 Å². The molecule has 0 aliphatic rings. The monoisotopic (exact) mass is 213 g/mol. The van der Waals surface area contributed by atoms with Gasteiger partial charge < -0.3 is 4.84 Å². The summed E-state index contributed by atoms with van der Waals surface area (Å²) in [4.78, 5) is 15.0. The van der Waals surface area contributed by atoms with Gasteiger partial charge in [0.25, 0.3) is 0 Å². The number of carbonyl (C=O) groups is 1. The number of carbonyl (C=O) groups excluding carboxylic acids is 1. The predicted molar refractivity (Wildman–Crippen MR) is 47.6 cm³/mol. The summed E-state index contributed by atoms with van der Waals surface area (Å²) in [5.74, 6) is -0.708. The summed E-state index contributed by atoms with van der Waals surface area (Å²) < 4.78 is 22.4. The highest BCUT2D eigenvalue weighted by Gasteiger charge is 2.03. The summed E-state index contributed by atoms with van der Waals surface area (Å²) in [6.45, 7) is 0. The molecule has 0 saturated carbocycles. The molecule has 0 amide bonds. The second-order valence-electron chi connectivity index (χ2n) is 2.42. The molecule has 0 bridgehead atoms. The smallest absolute Gasteiger partial charge is 0.303 e. The Labute approximate surface area is 82.0 Å². The summed E-state index contributed by atoms with van der Waals surface area (Å²) in [5, 5.41) is 0. The number of hydrogen-bond donors (Lipinski definition) is 0. The molecule has 0 aliphatic carbocycles. The maximum Gasteiger partial charge on any atom is 0.349 e. The van der Waals surface area contributed by atoms with Gasteiger partial charge in [-0.3, -0.25) is 0 Å². The molecule has 0 saturated heterocycles. The van der Waals surface area contributed by atoms with E-state index >= 15 is 0 Å². The van der Waals surface area contributed by atoms with Crippen molar-refractivity contribution in [3.8, 4) is 0 Å². The van der Waals surface area contributed by atoms with E-state index in [9.17, 15) is 13.2 Å². The van der Waals surface area contributed by atoms with Gasteiger partial charge in [0.05, 0.1) is 10.9 Å². The standard InChI is InChI=1S/C8H7NO4S/c10-8(13-9-14(11)12)6-7-4-2-1-3-5-7/h1-5H,6H2. The van der Waals surface area contributed by atoms with Gasteiger partial charge in [-0.15, -0.1) is 0 Å². The molecule has 14 heavy (non-hydrogen) atoms. The van der Waals surface area contributed by atoms with Crippen molar-refractivity contribution in [1.82, 2.24) is 0 Å². The molecule has 1 aromatic carbocycles. The van der Waals surface area contributed by atoms with Crippen LogP contribution in [0.5, 0.6) is 0 Å². The summed E-state index contributed by atoms with van der Waals surface area (Å²) in [6.07, 6.45) is 0.00153. The van der Waals surface area contributed by atoms with Gasteiger partial charge in [-0.1, -0.05) is 30.3 Å². The molecule has 6 heteroatoms. The van der Waals surface area contributed by atoms with Crippen molar-refractivity contribution in [2.75, 3.05) is 0 Å². The molecule has 1 rings (SSSR count). The van der Waals surface area contributed by atoms with E-state index in [4.69, 9.17) is 0 Å². The highest BCUT2D eigenvalue weighted by atomic mass is 32.2. The van der Waals surface area contributed by atoms with Crippen LogP contribution in [0.2, 0.25) is 0 Å². The van der Waals surface area contributed by atoms with E-state index < -0.39 is 16.5 Å². The topological polar surface area (TPSA) is 72.8 Å². The Kier molecular flexibility index (Phi) is 3.81. The highest BCUT2D eigenvalue weighted by molar-refractivity contribution is 7.61. The van der Waals surface area contributed by atoms with Crippen molar-refractivity contribution in [3.63, 3.8) is 0 Å². The Hall–Kier alpha value is -1.69. The zero-order chi connectivity index (χ0) is 10.4. The van der Waals surface area contributed by atoms with Crippen molar-refractivity contribution in [2.24, 2.45) is 4.53 Å². The van der Waals surface area contributed by atoms with Crippen molar-refractivity contribution in [3.05, 3.63) is 35.9 Å². The largest absolute Gasteiger partial charge is 0.349 e. The lowest BCUT2D eigenvalue weighted by Crippen LogP contribution is -2.03. The van der Waals surface area contributed by atoms with Crippen LogP contribution in [-0.4, -0.2) is 14.4 Å². The molecule has 0 radical (unpaired) electrons. The zero-order valence-corrected chi connectivity index (χ0v) is 7.90. The number of benzene rings is 1. The average Bonchev–Trinajstić information content (AvgIpc) is 2.16. The van der Waals surface area contributed by atoms with Crippen molar-refractivity contribution < 1.29 is 18.0 Å². The molecule has 0 spiro atoms. The Balaban J connectivity index is 2.54. The molecular weight excluding hydrogens is 206 g/mol. The summed E-state index contributed by atoms with van der Waals surface area (Å²) in [6, 6.07) is 8.81. The van der Waals surface area contributed by atoms with Gasteiger partial charge >= 0.3 is 16.5 Å². The summed E-state index contributed by atoms with van der Waals surface area (Å²) in [7, 11) is -2.71. The van der Waals surface area contributed by atoms with Gasteiger partial charge in [-0.05, 0) is 5.56 Å². The minimum Gasteiger partial charge on any atom is -0.303 e. The lowest BCUT2D eigenvalue weighted by atomic mass is 10.2. The van der Waals surface area contributed by atoms with Crippen LogP contribution < -0.4 is 0 Å². The first kappa shape index (κ1) is 10.4. The molecular formula is C8H7NO4S. The van der Waals surface area contributed by atoms with E-state index in [1.54, 1.807) is 24.3 Å². The lowest BCUT2D eigenvalue weighted by molar-refractivity contribution is -0.142. The normalized spacial score (nSPS) is 9.14. The van der Waals surface area contributed by atoms with E-state index in [0.717, 1.165) is 5.56 Å². The number of hydrogen-bond acceptors (Lipinski definition) is 5. The van der Waals surface area contributed by atoms with Gasteiger partial charge in [-0.2, -0.15) is 8.42 Å². The number of rotatable bonds is 3. The fraction of sp³-hybridized carbons (Fsp3) is 0.125. The zero-order valence-electron chi connectivity index (χ0n) is 7.08. The van der Waals surface area contributed by atoms with Crippen molar-refractivity contribution in [1.29, 1.82) is 0 Å². The molecule has 0 N–H and O–H groups in total. The van der Waals surface area contributed by atoms with E-state index in [-0.39, 0.29) is 6.42 Å². The van der Waals surface area contributed by atoms with Crippen LogP contribution in [0, 0.1) is 0 Å². The van der Waals surface area contributed by atoms with Gasteiger partial charge in [0.1, 0.15) is 0 Å². The minimum absolute atomic E-state index is 0.00153. The third kappa shape index (κ3) is 3.81. The van der Waals surface area contributed by atoms with Gasteiger partial charge in [0.15, 0.2) is 0 Å². The first-order chi connectivity index (χ1) is 6.68. The predicted octanol–water partition coefficient (Wildman–Crippen LogP) is 0.750. The molecule has 0 heterocycles. The van der Waals surface area contributed by atoms with Crippen molar-refractivity contribution in [2.45, 2.75) is 6.42 Å². The lowest BCUT2D eigenvalue weighted by Gasteiger charge is -1.95. The Bertz CT molecular complexity index is 430. The second-order valence-corrected chi connectivity index (χ2v) is 3.00. The molecule has 74 valence electrons. The number of nitrogens with zero attached hydrogens (tertiary/aromatic N) is 1. The fourth-order valence-corrected chi connectivity index (χ4v) is 1.01. The van der Waals surface area contributed by atoms with Gasteiger partial charge in [-0.25, -0.2) is 4.79 Å². The van der Waals surface area contributed by atoms with Crippen LogP contribution in [0.15, 0.2) is 34.9 Å². The quantitative estimate of drug-likeness (QED) is 0.694. The minimum atomic E-state index is -2.71. The van der Waals surface area contributed by atoms with Crippen LogP contribution in [0.3, 0.4) is 0 Å². The molecule has 1 aromatic rings. The first-order valence-corrected chi connectivity index (χ1v) is 4.76. The highest BCUT2D eigenvalue weighted by Crippen LogP contribution is 2.00. The van der Waals surface area contributed by atoms with Gasteiger partial charge in [0.2, 0.25) is 0 Å². The second kappa shape index (κ2) is 5.13. The van der Waals surface area contributed by atoms with E-state index in [1.807, 2.05) is 6.07 Å². The Morgan fingerprint density at radius 3 is 2.50 bits per heavy atom. The van der Waals surface area contributed by atoms with Crippen LogP contribution in [0.1, 0.15) is 5.56 Å². The van der Waals surface area contributed by atoms with Gasteiger partial charge in [0, 0.05) is 0 Å². The van der Waals surface area contributed by atoms with Crippen LogP contribution in [0.25, 0.3) is 0 Å². The third-order valence-electron chi connectivity index (χ3n) is 1.39. The average molecular weight is 213 g/mol. The van der Waals surface area contributed by atoms with Crippen molar-refractivity contribution >= 4 is 16.5 Å². The van der Waals surface area contributed by atoms with E-state index in [1.165, 1.54) is 0 Å². The molecule has 0 unspecified atom stereocenters. The molecule has 0 aliphatic heterocycles. The SMILES string of the molecule is O=C(Cc1ccccc1)ON=S(=O)=O. The Morgan fingerprint density at radius 1 is 1.29 bits per heavy atom. The summed E-state index contributed by atoms with van der Waals surface area (Å²) in [5.41, 5.74) is 0.740. The first-order valence-electron chi connectivity index (χ1n) is 3.72. The molecule has 5 nitrogen and oxygen atoms in total. The summed E-state index contributed by atoms with van der Waals surface area (Å²) >= 11 is 0.